The first-order valence-corrected chi connectivity index (χ1v) is 5.01. The van der Waals surface area contributed by atoms with Crippen molar-refractivity contribution in [2.75, 3.05) is 6.61 Å². The maximum Gasteiger partial charge on any atom is 0.239 e. The zero-order valence-electron chi connectivity index (χ0n) is 8.41. The molecule has 0 aliphatic rings. The molecular formula is C10H12ClFN2O2. The van der Waals surface area contributed by atoms with Gasteiger partial charge >= 0.3 is 0 Å². The van der Waals surface area contributed by atoms with E-state index in [1.165, 1.54) is 12.1 Å². The fraction of sp³-hybridized carbons (Fsp3) is 0.300. The van der Waals surface area contributed by atoms with E-state index in [4.69, 9.17) is 22.4 Å². The highest BCUT2D eigenvalue weighted by atomic mass is 35.5. The molecule has 88 valence electrons. The standard InChI is InChI=1S/C10H12ClFN2O2/c11-7-3-1-2-6(9(7)12)4-14-10(16)8(13)5-15/h1-3,8,15H,4-5,13H2,(H,14,16)/t8-/m0/s1. The van der Waals surface area contributed by atoms with Gasteiger partial charge in [0.1, 0.15) is 11.9 Å². The van der Waals surface area contributed by atoms with E-state index in [0.29, 0.717) is 0 Å². The molecule has 1 rings (SSSR count). The second-order valence-corrected chi connectivity index (χ2v) is 3.63. The summed E-state index contributed by atoms with van der Waals surface area (Å²) in [6.07, 6.45) is 0. The van der Waals surface area contributed by atoms with Crippen LogP contribution in [0.1, 0.15) is 5.56 Å². The summed E-state index contributed by atoms with van der Waals surface area (Å²) in [5, 5.41) is 11.0. The van der Waals surface area contributed by atoms with Crippen LogP contribution >= 0.6 is 11.6 Å². The molecule has 0 bridgehead atoms. The van der Waals surface area contributed by atoms with Crippen LogP contribution < -0.4 is 11.1 Å². The van der Waals surface area contributed by atoms with E-state index in [2.05, 4.69) is 5.32 Å². The molecule has 0 radical (unpaired) electrons. The molecule has 1 aromatic carbocycles. The first-order chi connectivity index (χ1) is 7.56. The molecule has 0 aromatic heterocycles. The predicted octanol–water partition coefficient (Wildman–Crippen LogP) is 0.415. The maximum absolute atomic E-state index is 13.4. The fourth-order valence-corrected chi connectivity index (χ4v) is 1.28. The molecule has 0 saturated heterocycles. The summed E-state index contributed by atoms with van der Waals surface area (Å²) in [4.78, 5) is 11.2. The Balaban J connectivity index is 2.61. The molecule has 4 nitrogen and oxygen atoms in total. The van der Waals surface area contributed by atoms with Crippen molar-refractivity contribution in [1.29, 1.82) is 0 Å². The van der Waals surface area contributed by atoms with E-state index in [1.54, 1.807) is 6.07 Å². The Labute approximate surface area is 97.2 Å². The van der Waals surface area contributed by atoms with Crippen LogP contribution in [0.25, 0.3) is 0 Å². The van der Waals surface area contributed by atoms with Gasteiger partial charge in [-0.3, -0.25) is 4.79 Å². The van der Waals surface area contributed by atoms with Crippen LogP contribution in [-0.4, -0.2) is 23.7 Å². The largest absolute Gasteiger partial charge is 0.394 e. The van der Waals surface area contributed by atoms with Crippen molar-refractivity contribution >= 4 is 17.5 Å². The van der Waals surface area contributed by atoms with Gasteiger partial charge in [0, 0.05) is 12.1 Å². The molecule has 0 fully saturated rings. The summed E-state index contributed by atoms with van der Waals surface area (Å²) in [7, 11) is 0. The van der Waals surface area contributed by atoms with Gasteiger partial charge in [-0.1, -0.05) is 23.7 Å². The highest BCUT2D eigenvalue weighted by Gasteiger charge is 2.12. The number of aliphatic hydroxyl groups is 1. The summed E-state index contributed by atoms with van der Waals surface area (Å²) in [5.74, 6) is -1.11. The minimum Gasteiger partial charge on any atom is -0.394 e. The number of nitrogens with two attached hydrogens (primary N) is 1. The van der Waals surface area contributed by atoms with Crippen molar-refractivity contribution in [2.24, 2.45) is 5.73 Å². The molecule has 6 heteroatoms. The van der Waals surface area contributed by atoms with Gasteiger partial charge in [0.15, 0.2) is 0 Å². The third-order valence-corrected chi connectivity index (χ3v) is 2.31. The predicted molar refractivity (Wildman–Crippen MR) is 58.3 cm³/mol. The Kier molecular flexibility index (Phi) is 4.67. The Morgan fingerprint density at radius 3 is 2.94 bits per heavy atom. The number of carbonyl (C=O) groups excluding carboxylic acids is 1. The molecule has 16 heavy (non-hydrogen) atoms. The van der Waals surface area contributed by atoms with Crippen molar-refractivity contribution < 1.29 is 14.3 Å². The number of amides is 1. The van der Waals surface area contributed by atoms with Gasteiger partial charge < -0.3 is 16.2 Å². The van der Waals surface area contributed by atoms with E-state index in [9.17, 15) is 9.18 Å². The summed E-state index contributed by atoms with van der Waals surface area (Å²) in [6, 6.07) is 3.51. The van der Waals surface area contributed by atoms with Gasteiger partial charge in [0.2, 0.25) is 5.91 Å². The van der Waals surface area contributed by atoms with Crippen LogP contribution in [-0.2, 0) is 11.3 Å². The minimum absolute atomic E-state index is 0.00166. The van der Waals surface area contributed by atoms with Crippen molar-refractivity contribution in [3.05, 3.63) is 34.6 Å². The van der Waals surface area contributed by atoms with Crippen molar-refractivity contribution in [3.63, 3.8) is 0 Å². The van der Waals surface area contributed by atoms with Gasteiger partial charge in [0.05, 0.1) is 11.6 Å². The van der Waals surface area contributed by atoms with E-state index < -0.39 is 24.4 Å². The molecule has 1 atom stereocenters. The Morgan fingerprint density at radius 1 is 1.62 bits per heavy atom. The summed E-state index contributed by atoms with van der Waals surface area (Å²) >= 11 is 5.57. The lowest BCUT2D eigenvalue weighted by molar-refractivity contribution is -0.123. The molecule has 0 saturated carbocycles. The quantitative estimate of drug-likeness (QED) is 0.721. The van der Waals surface area contributed by atoms with Crippen LogP contribution in [0.3, 0.4) is 0 Å². The Morgan fingerprint density at radius 2 is 2.31 bits per heavy atom. The van der Waals surface area contributed by atoms with Gasteiger partial charge in [0.25, 0.3) is 0 Å². The lowest BCUT2D eigenvalue weighted by Gasteiger charge is -2.10. The molecule has 1 amide bonds. The highest BCUT2D eigenvalue weighted by molar-refractivity contribution is 6.30. The number of hydrogen-bond donors (Lipinski definition) is 3. The molecule has 0 heterocycles. The monoisotopic (exact) mass is 246 g/mol. The van der Waals surface area contributed by atoms with E-state index >= 15 is 0 Å². The van der Waals surface area contributed by atoms with Gasteiger partial charge in [-0.05, 0) is 6.07 Å². The lowest BCUT2D eigenvalue weighted by Crippen LogP contribution is -2.42. The SMILES string of the molecule is N[C@@H](CO)C(=O)NCc1cccc(Cl)c1F. The molecular weight excluding hydrogens is 235 g/mol. The smallest absolute Gasteiger partial charge is 0.239 e. The minimum atomic E-state index is -0.998. The molecule has 1 aromatic rings. The third-order valence-electron chi connectivity index (χ3n) is 2.02. The first-order valence-electron chi connectivity index (χ1n) is 4.63. The second-order valence-electron chi connectivity index (χ2n) is 3.22. The lowest BCUT2D eigenvalue weighted by atomic mass is 10.2. The molecule has 4 N–H and O–H groups in total. The number of hydrogen-bond acceptors (Lipinski definition) is 3. The maximum atomic E-state index is 13.4. The fourth-order valence-electron chi connectivity index (χ4n) is 1.08. The molecule has 0 aliphatic carbocycles. The van der Waals surface area contributed by atoms with Gasteiger partial charge in [-0.25, -0.2) is 4.39 Å². The number of halogens is 2. The summed E-state index contributed by atoms with van der Waals surface area (Å²) in [6.45, 7) is -0.469. The number of aliphatic hydroxyl groups excluding tert-OH is 1. The number of benzene rings is 1. The summed E-state index contributed by atoms with van der Waals surface area (Å²) in [5.41, 5.74) is 5.54. The van der Waals surface area contributed by atoms with E-state index in [0.717, 1.165) is 0 Å². The second kappa shape index (κ2) is 5.79. The average molecular weight is 247 g/mol. The van der Waals surface area contributed by atoms with Gasteiger partial charge in [-0.15, -0.1) is 0 Å². The van der Waals surface area contributed by atoms with Crippen molar-refractivity contribution in [3.8, 4) is 0 Å². The highest BCUT2D eigenvalue weighted by Crippen LogP contribution is 2.17. The zero-order valence-corrected chi connectivity index (χ0v) is 9.17. The Hall–Kier alpha value is -1.17. The molecule has 0 aliphatic heterocycles. The van der Waals surface area contributed by atoms with Crippen molar-refractivity contribution in [1.82, 2.24) is 5.32 Å². The Bertz CT molecular complexity index is 387. The topological polar surface area (TPSA) is 75.3 Å². The van der Waals surface area contributed by atoms with E-state index in [-0.39, 0.29) is 17.1 Å². The van der Waals surface area contributed by atoms with Crippen LogP contribution in [0.15, 0.2) is 18.2 Å². The number of nitrogens with one attached hydrogen (secondary N) is 1. The van der Waals surface area contributed by atoms with Gasteiger partial charge in [-0.2, -0.15) is 0 Å². The third kappa shape index (κ3) is 3.16. The van der Waals surface area contributed by atoms with Crippen LogP contribution in [0.2, 0.25) is 5.02 Å². The first kappa shape index (κ1) is 12.9. The van der Waals surface area contributed by atoms with Crippen LogP contribution in [0.4, 0.5) is 4.39 Å². The van der Waals surface area contributed by atoms with Crippen LogP contribution in [0, 0.1) is 5.82 Å². The average Bonchev–Trinajstić information content (AvgIpc) is 2.29. The summed E-state index contributed by atoms with van der Waals surface area (Å²) < 4.78 is 13.4. The molecule has 0 unspecified atom stereocenters. The normalized spacial score (nSPS) is 12.2. The number of carbonyl (C=O) groups is 1. The van der Waals surface area contributed by atoms with E-state index in [1.807, 2.05) is 0 Å². The molecule has 0 spiro atoms. The number of rotatable bonds is 4. The van der Waals surface area contributed by atoms with Crippen molar-refractivity contribution in [2.45, 2.75) is 12.6 Å². The van der Waals surface area contributed by atoms with Crippen LogP contribution in [0.5, 0.6) is 0 Å². The zero-order chi connectivity index (χ0) is 12.1.